The van der Waals surface area contributed by atoms with Crippen LogP contribution in [0, 0.1) is 0 Å². The van der Waals surface area contributed by atoms with Crippen LogP contribution >= 0.6 is 0 Å². The number of nitrogens with zero attached hydrogens (tertiary/aromatic N) is 1. The molecule has 0 aromatic heterocycles. The lowest BCUT2D eigenvalue weighted by atomic mass is 10.1. The van der Waals surface area contributed by atoms with Crippen LogP contribution in [0.1, 0.15) is 13.8 Å². The van der Waals surface area contributed by atoms with Crippen LogP contribution in [0.3, 0.4) is 0 Å². The average Bonchev–Trinajstić information content (AvgIpc) is 1.94. The Morgan fingerprint density at radius 1 is 1.55 bits per heavy atom. The summed E-state index contributed by atoms with van der Waals surface area (Å²) >= 11 is 0. The topological polar surface area (TPSA) is 32.7 Å². The van der Waals surface area contributed by atoms with Gasteiger partial charge >= 0.3 is 0 Å². The number of rotatable bonds is 0. The van der Waals surface area contributed by atoms with Gasteiger partial charge < -0.3 is 9.84 Å². The van der Waals surface area contributed by atoms with Crippen molar-refractivity contribution in [1.82, 2.24) is 4.90 Å². The van der Waals surface area contributed by atoms with Gasteiger partial charge in [0.25, 0.3) is 0 Å². The lowest BCUT2D eigenvalue weighted by molar-refractivity contribution is 0.0442. The zero-order valence-corrected chi connectivity index (χ0v) is 7.50. The van der Waals surface area contributed by atoms with Gasteiger partial charge in [-0.05, 0) is 20.9 Å². The van der Waals surface area contributed by atoms with Crippen LogP contribution in [0.2, 0.25) is 0 Å². The van der Waals surface area contributed by atoms with Crippen molar-refractivity contribution >= 4 is 0 Å². The normalized spacial score (nSPS) is 33.3. The maximum atomic E-state index is 9.33. The highest BCUT2D eigenvalue weighted by atomic mass is 16.5. The second-order valence-electron chi connectivity index (χ2n) is 3.86. The molecule has 11 heavy (non-hydrogen) atoms. The molecule has 1 aliphatic rings. The van der Waals surface area contributed by atoms with Crippen LogP contribution in [0.15, 0.2) is 0 Å². The monoisotopic (exact) mass is 159 g/mol. The smallest absolute Gasteiger partial charge is 0.0900 e. The maximum absolute atomic E-state index is 9.33. The van der Waals surface area contributed by atoms with Crippen LogP contribution < -0.4 is 0 Å². The van der Waals surface area contributed by atoms with Gasteiger partial charge in [0.1, 0.15) is 0 Å². The van der Waals surface area contributed by atoms with Crippen molar-refractivity contribution in [3.63, 3.8) is 0 Å². The van der Waals surface area contributed by atoms with Gasteiger partial charge in [0.05, 0.1) is 19.3 Å². The number of aliphatic hydroxyl groups is 1. The fraction of sp³-hybridized carbons (Fsp3) is 1.00. The second kappa shape index (κ2) is 3.09. The Hall–Kier alpha value is -0.120. The van der Waals surface area contributed by atoms with Gasteiger partial charge in [-0.3, -0.25) is 4.90 Å². The van der Waals surface area contributed by atoms with Crippen molar-refractivity contribution in [3.8, 4) is 0 Å². The summed E-state index contributed by atoms with van der Waals surface area (Å²) in [7, 11) is 2.01. The third-order valence-corrected chi connectivity index (χ3v) is 2.28. The summed E-state index contributed by atoms with van der Waals surface area (Å²) in [5, 5.41) is 9.33. The predicted molar refractivity (Wildman–Crippen MR) is 43.5 cm³/mol. The fourth-order valence-electron chi connectivity index (χ4n) is 1.17. The van der Waals surface area contributed by atoms with Crippen LogP contribution in [-0.4, -0.2) is 48.5 Å². The van der Waals surface area contributed by atoms with Gasteiger partial charge in [-0.1, -0.05) is 0 Å². The SMILES string of the molecule is CN1CC(O)COCC1(C)C. The first-order valence-electron chi connectivity index (χ1n) is 3.99. The lowest BCUT2D eigenvalue weighted by Gasteiger charge is -2.32. The van der Waals surface area contributed by atoms with E-state index in [2.05, 4.69) is 18.7 Å². The Kier molecular flexibility index (Phi) is 2.52. The zero-order valence-electron chi connectivity index (χ0n) is 7.50. The molecule has 1 atom stereocenters. The Morgan fingerprint density at radius 3 is 2.82 bits per heavy atom. The molecule has 3 heteroatoms. The molecule has 0 spiro atoms. The van der Waals surface area contributed by atoms with E-state index in [-0.39, 0.29) is 11.6 Å². The molecular formula is C8H17NO2. The molecule has 1 rings (SSSR count). The van der Waals surface area contributed by atoms with Crippen molar-refractivity contribution in [2.24, 2.45) is 0 Å². The first-order valence-corrected chi connectivity index (χ1v) is 3.99. The summed E-state index contributed by atoms with van der Waals surface area (Å²) in [6.07, 6.45) is -0.332. The van der Waals surface area contributed by atoms with Gasteiger partial charge in [-0.25, -0.2) is 0 Å². The molecule has 66 valence electrons. The molecule has 0 radical (unpaired) electrons. The molecule has 1 fully saturated rings. The van der Waals surface area contributed by atoms with E-state index in [9.17, 15) is 5.11 Å². The molecule has 0 aromatic rings. The molecule has 1 heterocycles. The molecule has 3 nitrogen and oxygen atoms in total. The summed E-state index contributed by atoms with van der Waals surface area (Å²) in [6, 6.07) is 0. The third-order valence-electron chi connectivity index (χ3n) is 2.28. The quantitative estimate of drug-likeness (QED) is 0.543. The third kappa shape index (κ3) is 2.15. The van der Waals surface area contributed by atoms with E-state index >= 15 is 0 Å². The summed E-state index contributed by atoms with van der Waals surface area (Å²) in [5.41, 5.74) is 0.0531. The van der Waals surface area contributed by atoms with E-state index in [1.807, 2.05) is 7.05 Å². The average molecular weight is 159 g/mol. The highest BCUT2D eigenvalue weighted by Gasteiger charge is 2.28. The number of hydrogen-bond acceptors (Lipinski definition) is 3. The summed E-state index contributed by atoms with van der Waals surface area (Å²) in [6.45, 7) is 6.09. The van der Waals surface area contributed by atoms with Crippen molar-refractivity contribution < 1.29 is 9.84 Å². The molecule has 1 saturated heterocycles. The maximum Gasteiger partial charge on any atom is 0.0900 e. The molecule has 1 unspecified atom stereocenters. The Bertz CT molecular complexity index is 136. The predicted octanol–water partition coefficient (Wildman–Crippen LogP) is 0.0879. The minimum atomic E-state index is -0.332. The second-order valence-corrected chi connectivity index (χ2v) is 3.86. The van der Waals surface area contributed by atoms with E-state index in [1.165, 1.54) is 0 Å². The molecule has 1 aliphatic heterocycles. The Morgan fingerprint density at radius 2 is 2.18 bits per heavy atom. The molecule has 0 bridgehead atoms. The lowest BCUT2D eigenvalue weighted by Crippen LogP contribution is -2.45. The van der Waals surface area contributed by atoms with Crippen LogP contribution in [0.4, 0.5) is 0 Å². The van der Waals surface area contributed by atoms with Crippen molar-refractivity contribution in [1.29, 1.82) is 0 Å². The van der Waals surface area contributed by atoms with E-state index in [4.69, 9.17) is 4.74 Å². The van der Waals surface area contributed by atoms with Gasteiger partial charge in [-0.2, -0.15) is 0 Å². The van der Waals surface area contributed by atoms with Gasteiger partial charge in [0.2, 0.25) is 0 Å². The number of aliphatic hydroxyl groups excluding tert-OH is 1. The largest absolute Gasteiger partial charge is 0.389 e. The van der Waals surface area contributed by atoms with Crippen molar-refractivity contribution in [3.05, 3.63) is 0 Å². The van der Waals surface area contributed by atoms with E-state index < -0.39 is 0 Å². The standard InChI is InChI=1S/C8H17NO2/c1-8(2)6-11-5-7(10)4-9(8)3/h7,10H,4-6H2,1-3H3. The first kappa shape index (κ1) is 8.97. The molecule has 0 saturated carbocycles. The number of β-amino-alcohol motifs (C(OH)–C–C–N with tert-alkyl or cyclic N) is 1. The number of ether oxygens (including phenoxy) is 1. The van der Waals surface area contributed by atoms with E-state index in [1.54, 1.807) is 0 Å². The molecule has 0 aliphatic carbocycles. The minimum absolute atomic E-state index is 0.0531. The molecular weight excluding hydrogens is 142 g/mol. The van der Waals surface area contributed by atoms with Crippen LogP contribution in [0.5, 0.6) is 0 Å². The molecule has 1 N–H and O–H groups in total. The fourth-order valence-corrected chi connectivity index (χ4v) is 1.17. The van der Waals surface area contributed by atoms with Crippen LogP contribution in [-0.2, 0) is 4.74 Å². The minimum Gasteiger partial charge on any atom is -0.389 e. The number of likely N-dealkylation sites (N-methyl/N-ethyl adjacent to an activating group) is 1. The summed E-state index contributed by atoms with van der Waals surface area (Å²) in [5.74, 6) is 0. The van der Waals surface area contributed by atoms with Crippen molar-refractivity contribution in [2.75, 3.05) is 26.8 Å². The zero-order chi connectivity index (χ0) is 8.48. The Balaban J connectivity index is 2.58. The van der Waals surface area contributed by atoms with E-state index in [0.29, 0.717) is 19.8 Å². The summed E-state index contributed by atoms with van der Waals surface area (Å²) < 4.78 is 5.30. The highest BCUT2D eigenvalue weighted by Crippen LogP contribution is 2.16. The van der Waals surface area contributed by atoms with Gasteiger partial charge in [0.15, 0.2) is 0 Å². The summed E-state index contributed by atoms with van der Waals surface area (Å²) in [4.78, 5) is 2.13. The number of hydrogen-bond donors (Lipinski definition) is 1. The highest BCUT2D eigenvalue weighted by molar-refractivity contribution is 4.82. The Labute approximate surface area is 68.0 Å². The molecule has 0 aromatic carbocycles. The first-order chi connectivity index (χ1) is 5.02. The van der Waals surface area contributed by atoms with Crippen molar-refractivity contribution in [2.45, 2.75) is 25.5 Å². The molecule has 0 amide bonds. The van der Waals surface area contributed by atoms with Gasteiger partial charge in [0, 0.05) is 12.1 Å². The van der Waals surface area contributed by atoms with Crippen LogP contribution in [0.25, 0.3) is 0 Å². The van der Waals surface area contributed by atoms with E-state index in [0.717, 1.165) is 0 Å². The van der Waals surface area contributed by atoms with Gasteiger partial charge in [-0.15, -0.1) is 0 Å².